The number of benzene rings is 2. The molecule has 1 aliphatic carbocycles. The van der Waals surface area contributed by atoms with E-state index in [2.05, 4.69) is 114 Å². The number of hydrogen-bond donors (Lipinski definition) is 1. The van der Waals surface area contributed by atoms with Gasteiger partial charge in [-0.2, -0.15) is 0 Å². The third-order valence-electron chi connectivity index (χ3n) is 17.7. The highest BCUT2D eigenvalue weighted by Gasteiger charge is 2.35. The fraction of sp³-hybridized carbons (Fsp3) is 0.785. The van der Waals surface area contributed by atoms with Crippen LogP contribution in [0.1, 0.15) is 270 Å². The van der Waals surface area contributed by atoms with Crippen molar-refractivity contribution in [3.63, 3.8) is 0 Å². The lowest BCUT2D eigenvalue weighted by Crippen LogP contribution is -2.51. The summed E-state index contributed by atoms with van der Waals surface area (Å²) in [6.07, 6.45) is 35.8. The zero-order chi connectivity index (χ0) is 52.5. The maximum Gasteiger partial charge on any atom is 0.358 e. The molecule has 1 fully saturated rings. The van der Waals surface area contributed by atoms with Gasteiger partial charge in [0.05, 0.1) is 64.4 Å². The molecule has 0 bridgehead atoms. The fourth-order valence-corrected chi connectivity index (χ4v) is 12.7. The number of fused-ring (bicyclic) bond motifs is 3. The molecule has 1 N–H and O–H groups in total. The van der Waals surface area contributed by atoms with Crippen molar-refractivity contribution in [3.8, 4) is 11.5 Å². The average Bonchev–Trinajstić information content (AvgIpc) is 3.39. The number of nitrogens with zero attached hydrogens (tertiary/aromatic N) is 4. The lowest BCUT2D eigenvalue weighted by atomic mass is 9.73. The lowest BCUT2D eigenvalue weighted by molar-refractivity contribution is -0.929. The molecule has 1 unspecified atom stereocenters. The van der Waals surface area contributed by atoms with E-state index in [0.717, 1.165) is 73.6 Å². The number of rotatable bonds is 34. The van der Waals surface area contributed by atoms with Crippen molar-refractivity contribution in [3.05, 3.63) is 57.6 Å². The van der Waals surface area contributed by atoms with Crippen LogP contribution in [0.2, 0.25) is 0 Å². The van der Waals surface area contributed by atoms with Crippen LogP contribution in [0, 0.1) is 13.8 Å². The van der Waals surface area contributed by atoms with Gasteiger partial charge in [0.1, 0.15) is 11.5 Å². The summed E-state index contributed by atoms with van der Waals surface area (Å²) >= 11 is 0. The van der Waals surface area contributed by atoms with Gasteiger partial charge in [-0.25, -0.2) is 0 Å². The molecule has 2 aromatic carbocycles. The molecule has 7 nitrogen and oxygen atoms in total. The number of aliphatic imine (C=N–C) groups is 2. The highest BCUT2D eigenvalue weighted by molar-refractivity contribution is 5.86. The van der Waals surface area contributed by atoms with Crippen LogP contribution in [-0.2, 0) is 10.8 Å². The van der Waals surface area contributed by atoms with Crippen molar-refractivity contribution in [2.24, 2.45) is 9.98 Å². The molecule has 1 aliphatic heterocycles. The predicted molar refractivity (Wildman–Crippen MR) is 312 cm³/mol. The van der Waals surface area contributed by atoms with Gasteiger partial charge in [-0.1, -0.05) is 158 Å². The molecule has 7 heteroatoms. The van der Waals surface area contributed by atoms with Crippen LogP contribution in [0.4, 0.5) is 0 Å². The first kappa shape index (κ1) is 61.8. The molecule has 410 valence electrons. The predicted octanol–water partition coefficient (Wildman–Crippen LogP) is 17.1. The van der Waals surface area contributed by atoms with Crippen LogP contribution in [0.3, 0.4) is 0 Å². The first-order valence-corrected chi connectivity index (χ1v) is 30.8. The Labute approximate surface area is 445 Å². The first-order chi connectivity index (χ1) is 34.7. The maximum atomic E-state index is 11.9. The molecular weight excluding hydrogens is 885 g/mol. The van der Waals surface area contributed by atoms with Crippen LogP contribution < -0.4 is 9.47 Å². The summed E-state index contributed by atoms with van der Waals surface area (Å²) in [6, 6.07) is 9.58. The molecule has 1 heterocycles. The molecule has 3 atom stereocenters. The molecule has 1 saturated carbocycles. The molecule has 0 radical (unpaired) electrons. The molecule has 4 rings (SSSR count). The standard InChI is InChI=1S/C65H114N4O3/c1-13-21-35-64(11,36-22-14-2)57-47-53(9)61-55(49-57)51-66-59-33-29-30-34-60(59)67-52-56-50-58(48-54(10)62(56)72-63(70)71-61)65(12,37-31-45-68(39-23-15-3,40-24-16-4)41-25-17-5)38-32-46-69(42-26-18-6,43-27-19-7)44-28-20-8/h47-52,59-60,63,70H,13-46H2,1-12H3/q+2/t59-,60-,63?/m0/s1. The first-order valence-electron chi connectivity index (χ1n) is 30.8. The Morgan fingerprint density at radius 3 is 1.06 bits per heavy atom. The zero-order valence-electron chi connectivity index (χ0n) is 49.3. The van der Waals surface area contributed by atoms with Crippen molar-refractivity contribution >= 4 is 12.4 Å². The van der Waals surface area contributed by atoms with E-state index < -0.39 is 6.48 Å². The van der Waals surface area contributed by atoms with Gasteiger partial charge >= 0.3 is 6.48 Å². The SMILES string of the molecule is CCCCC(C)(CCCC)c1cc(C)c2c(c1)C=N[C@H]1CCCC[C@@H]1N=Cc1cc(C(C)(CCC[N+](CCCC)(CCCC)CCCC)CCC[N+](CCCC)(CCCC)CCCC)cc(C)c1OC(O)O2. The summed E-state index contributed by atoms with van der Waals surface area (Å²) in [5, 5.41) is 11.9. The van der Waals surface area contributed by atoms with Crippen molar-refractivity contribution < 1.29 is 23.5 Å². The molecule has 0 amide bonds. The molecule has 0 aromatic heterocycles. The van der Waals surface area contributed by atoms with Gasteiger partial charge in [0.2, 0.25) is 0 Å². The molecular formula is C65H114N4O3+2. The zero-order valence-corrected chi connectivity index (χ0v) is 49.3. The minimum atomic E-state index is -1.50. The highest BCUT2D eigenvalue weighted by atomic mass is 16.8. The van der Waals surface area contributed by atoms with Gasteiger partial charge < -0.3 is 23.5 Å². The summed E-state index contributed by atoms with van der Waals surface area (Å²) in [5.41, 5.74) is 6.64. The summed E-state index contributed by atoms with van der Waals surface area (Å²) in [6.45, 7) is 37.0. The van der Waals surface area contributed by atoms with Crippen LogP contribution in [0.25, 0.3) is 0 Å². The molecule has 2 aliphatic rings. The van der Waals surface area contributed by atoms with Crippen molar-refractivity contribution in [1.29, 1.82) is 0 Å². The topological polar surface area (TPSA) is 63.4 Å². The molecule has 0 saturated heterocycles. The number of hydrogen-bond acceptors (Lipinski definition) is 5. The highest BCUT2D eigenvalue weighted by Crippen LogP contribution is 2.42. The number of aryl methyl sites for hydroxylation is 2. The van der Waals surface area contributed by atoms with Gasteiger partial charge in [0.15, 0.2) is 0 Å². The third kappa shape index (κ3) is 18.5. The Hall–Kier alpha value is -2.74. The fourth-order valence-electron chi connectivity index (χ4n) is 12.7. The lowest BCUT2D eigenvalue weighted by Gasteiger charge is -2.42. The van der Waals surface area contributed by atoms with Crippen molar-refractivity contribution in [2.45, 2.75) is 279 Å². The maximum absolute atomic E-state index is 11.9. The Bertz CT molecular complexity index is 1800. The van der Waals surface area contributed by atoms with Gasteiger partial charge in [0.25, 0.3) is 0 Å². The summed E-state index contributed by atoms with van der Waals surface area (Å²) in [7, 11) is 0. The summed E-state index contributed by atoms with van der Waals surface area (Å²) < 4.78 is 15.7. The van der Waals surface area contributed by atoms with Crippen LogP contribution in [0.15, 0.2) is 34.3 Å². The Balaban J connectivity index is 1.84. The summed E-state index contributed by atoms with van der Waals surface area (Å²) in [4.78, 5) is 10.8. The van der Waals surface area contributed by atoms with Gasteiger partial charge in [0, 0.05) is 23.6 Å². The van der Waals surface area contributed by atoms with E-state index >= 15 is 0 Å². The second kappa shape index (κ2) is 32.0. The minimum Gasteiger partial charge on any atom is -0.431 e. The van der Waals surface area contributed by atoms with Gasteiger partial charge in [-0.3, -0.25) is 9.98 Å². The molecule has 72 heavy (non-hydrogen) atoms. The van der Waals surface area contributed by atoms with E-state index in [1.54, 1.807) is 0 Å². The number of quaternary nitrogens is 2. The van der Waals surface area contributed by atoms with Crippen molar-refractivity contribution in [2.75, 3.05) is 52.4 Å². The van der Waals surface area contributed by atoms with E-state index in [4.69, 9.17) is 19.5 Å². The minimum absolute atomic E-state index is 0.0377. The number of unbranched alkanes of at least 4 members (excludes halogenated alkanes) is 8. The van der Waals surface area contributed by atoms with Crippen molar-refractivity contribution in [1.82, 2.24) is 0 Å². The van der Waals surface area contributed by atoms with E-state index in [9.17, 15) is 5.11 Å². The second-order valence-corrected chi connectivity index (χ2v) is 24.1. The number of aliphatic hydroxyl groups is 1. The normalized spacial score (nSPS) is 17.8. The Morgan fingerprint density at radius 1 is 0.458 bits per heavy atom. The van der Waals surface area contributed by atoms with E-state index in [0.29, 0.717) is 11.5 Å². The molecule has 0 spiro atoms. The second-order valence-electron chi connectivity index (χ2n) is 24.1. The smallest absolute Gasteiger partial charge is 0.358 e. The monoisotopic (exact) mass is 999 g/mol. The van der Waals surface area contributed by atoms with E-state index in [-0.39, 0.29) is 22.9 Å². The van der Waals surface area contributed by atoms with Gasteiger partial charge in [-0.05, 0) is 149 Å². The Morgan fingerprint density at radius 2 is 0.750 bits per heavy atom. The van der Waals surface area contributed by atoms with Crippen LogP contribution >= 0.6 is 0 Å². The molecule has 2 aromatic rings. The number of aliphatic hydroxyl groups excluding tert-OH is 1. The quantitative estimate of drug-likeness (QED) is 0.0711. The Kier molecular flexibility index (Phi) is 27.5. The average molecular weight is 1000 g/mol. The van der Waals surface area contributed by atoms with E-state index in [1.165, 1.54) is 188 Å². The summed E-state index contributed by atoms with van der Waals surface area (Å²) in [5.74, 6) is 1.31. The van der Waals surface area contributed by atoms with Crippen LogP contribution in [0.5, 0.6) is 11.5 Å². The largest absolute Gasteiger partial charge is 0.431 e. The van der Waals surface area contributed by atoms with Crippen LogP contribution in [-0.4, -0.2) is 97.4 Å². The third-order valence-corrected chi connectivity index (χ3v) is 17.7. The number of ether oxygens (including phenoxy) is 2. The van der Waals surface area contributed by atoms with E-state index in [1.807, 2.05) is 6.21 Å². The van der Waals surface area contributed by atoms with Gasteiger partial charge in [-0.15, -0.1) is 0 Å².